The van der Waals surface area contributed by atoms with E-state index >= 15 is 0 Å². The molecule has 82 valence electrons. The molecule has 15 heavy (non-hydrogen) atoms. The first-order valence-corrected chi connectivity index (χ1v) is 5.08. The van der Waals surface area contributed by atoms with E-state index in [4.69, 9.17) is 5.11 Å². The SMILES string of the molecule is O=C(O)C(CS)N(F)Cc1ccccc1. The Hall–Kier alpha value is -1.07. The van der Waals surface area contributed by atoms with Crippen molar-refractivity contribution in [3.63, 3.8) is 0 Å². The molecule has 0 aliphatic heterocycles. The van der Waals surface area contributed by atoms with Crippen LogP contribution in [0.3, 0.4) is 0 Å². The minimum Gasteiger partial charge on any atom is -0.480 e. The van der Waals surface area contributed by atoms with Crippen LogP contribution in [0.1, 0.15) is 5.56 Å². The summed E-state index contributed by atoms with van der Waals surface area (Å²) in [7, 11) is 0. The summed E-state index contributed by atoms with van der Waals surface area (Å²) in [6, 6.07) is 7.65. The predicted octanol–water partition coefficient (Wildman–Crippen LogP) is 1.76. The largest absolute Gasteiger partial charge is 0.480 e. The topological polar surface area (TPSA) is 40.5 Å². The van der Waals surface area contributed by atoms with Gasteiger partial charge in [0.25, 0.3) is 0 Å². The first kappa shape index (κ1) is 12.0. The lowest BCUT2D eigenvalue weighted by atomic mass is 10.2. The Morgan fingerprint density at radius 1 is 1.47 bits per heavy atom. The molecule has 0 aliphatic rings. The summed E-state index contributed by atoms with van der Waals surface area (Å²) in [4.78, 5) is 10.6. The number of carboxylic acid groups (broad SMARTS) is 1. The molecule has 1 rings (SSSR count). The van der Waals surface area contributed by atoms with Crippen molar-refractivity contribution in [3.05, 3.63) is 35.9 Å². The smallest absolute Gasteiger partial charge is 0.324 e. The summed E-state index contributed by atoms with van der Waals surface area (Å²) in [5.74, 6) is -1.26. The van der Waals surface area contributed by atoms with Crippen LogP contribution in [0.2, 0.25) is 0 Å². The van der Waals surface area contributed by atoms with Crippen molar-refractivity contribution in [2.75, 3.05) is 5.75 Å². The van der Waals surface area contributed by atoms with Gasteiger partial charge in [-0.3, -0.25) is 4.79 Å². The number of nitrogens with zero attached hydrogens (tertiary/aromatic N) is 1. The lowest BCUT2D eigenvalue weighted by molar-refractivity contribution is -0.150. The Balaban J connectivity index is 2.62. The maximum atomic E-state index is 13.4. The first-order chi connectivity index (χ1) is 7.15. The molecule has 0 bridgehead atoms. The van der Waals surface area contributed by atoms with Crippen LogP contribution in [0.15, 0.2) is 30.3 Å². The fourth-order valence-electron chi connectivity index (χ4n) is 1.15. The fraction of sp³-hybridized carbons (Fsp3) is 0.300. The Kier molecular flexibility index (Phi) is 4.58. The van der Waals surface area contributed by atoms with Crippen LogP contribution in [0.5, 0.6) is 0 Å². The summed E-state index contributed by atoms with van der Waals surface area (Å²) >= 11 is 3.80. The van der Waals surface area contributed by atoms with Crippen molar-refractivity contribution in [2.45, 2.75) is 12.6 Å². The molecule has 0 fully saturated rings. The van der Waals surface area contributed by atoms with Crippen LogP contribution < -0.4 is 0 Å². The first-order valence-electron chi connectivity index (χ1n) is 4.45. The van der Waals surface area contributed by atoms with Gasteiger partial charge in [0, 0.05) is 5.75 Å². The number of carboxylic acids is 1. The normalized spacial score (nSPS) is 12.7. The van der Waals surface area contributed by atoms with E-state index in [1.165, 1.54) is 0 Å². The zero-order valence-corrected chi connectivity index (χ0v) is 8.90. The zero-order valence-electron chi connectivity index (χ0n) is 8.01. The van der Waals surface area contributed by atoms with Crippen molar-refractivity contribution in [1.29, 1.82) is 0 Å². The lowest BCUT2D eigenvalue weighted by Crippen LogP contribution is -2.36. The van der Waals surface area contributed by atoms with Crippen LogP contribution in [-0.2, 0) is 11.3 Å². The van der Waals surface area contributed by atoms with Crippen LogP contribution >= 0.6 is 12.6 Å². The van der Waals surface area contributed by atoms with Crippen molar-refractivity contribution < 1.29 is 14.4 Å². The number of benzene rings is 1. The summed E-state index contributed by atoms with van der Waals surface area (Å²) in [6.45, 7) is -0.0433. The predicted molar refractivity (Wildman–Crippen MR) is 58.4 cm³/mol. The number of hydrogen-bond acceptors (Lipinski definition) is 3. The molecule has 0 amide bonds. The van der Waals surface area contributed by atoms with Crippen molar-refractivity contribution in [2.24, 2.45) is 0 Å². The van der Waals surface area contributed by atoms with Crippen LogP contribution in [0, 0.1) is 0 Å². The monoisotopic (exact) mass is 229 g/mol. The summed E-state index contributed by atoms with van der Waals surface area (Å²) in [5, 5.41) is 8.97. The van der Waals surface area contributed by atoms with E-state index in [2.05, 4.69) is 12.6 Å². The standard InChI is InChI=1S/C10H12FNO2S/c11-12(9(7-15)10(13)14)6-8-4-2-1-3-5-8/h1-5,9,15H,6-7H2,(H,13,14). The highest BCUT2D eigenvalue weighted by Crippen LogP contribution is 2.10. The molecular weight excluding hydrogens is 217 g/mol. The maximum Gasteiger partial charge on any atom is 0.324 e. The number of halogens is 1. The van der Waals surface area contributed by atoms with Gasteiger partial charge in [0.2, 0.25) is 0 Å². The Labute approximate surface area is 92.9 Å². The minimum absolute atomic E-state index is 0.0433. The average molecular weight is 229 g/mol. The molecule has 1 unspecified atom stereocenters. The van der Waals surface area contributed by atoms with Gasteiger partial charge in [0.1, 0.15) is 6.04 Å². The van der Waals surface area contributed by atoms with E-state index in [0.29, 0.717) is 0 Å². The Bertz CT molecular complexity index is 320. The van der Waals surface area contributed by atoms with Crippen LogP contribution in [-0.4, -0.2) is 28.0 Å². The van der Waals surface area contributed by atoms with E-state index in [9.17, 15) is 9.28 Å². The van der Waals surface area contributed by atoms with E-state index in [-0.39, 0.29) is 17.4 Å². The molecule has 3 nitrogen and oxygen atoms in total. The van der Waals surface area contributed by atoms with Crippen LogP contribution in [0.25, 0.3) is 0 Å². The molecule has 1 aromatic carbocycles. The third-order valence-corrected chi connectivity index (χ3v) is 2.32. The van der Waals surface area contributed by atoms with Crippen LogP contribution in [0.4, 0.5) is 4.48 Å². The van der Waals surface area contributed by atoms with Gasteiger partial charge in [-0.15, -0.1) is 9.60 Å². The number of carbonyl (C=O) groups is 1. The molecule has 0 aliphatic carbocycles. The van der Waals surface area contributed by atoms with Crippen molar-refractivity contribution in [1.82, 2.24) is 5.12 Å². The highest BCUT2D eigenvalue weighted by Gasteiger charge is 2.24. The Morgan fingerprint density at radius 2 is 2.07 bits per heavy atom. The van der Waals surface area contributed by atoms with Crippen molar-refractivity contribution >= 4 is 18.6 Å². The van der Waals surface area contributed by atoms with Gasteiger partial charge < -0.3 is 5.11 Å². The molecule has 0 heterocycles. The number of rotatable bonds is 5. The number of thiol groups is 1. The fourth-order valence-corrected chi connectivity index (χ4v) is 1.49. The second-order valence-electron chi connectivity index (χ2n) is 3.08. The highest BCUT2D eigenvalue weighted by atomic mass is 32.1. The van der Waals surface area contributed by atoms with Gasteiger partial charge in [-0.25, -0.2) is 0 Å². The second kappa shape index (κ2) is 5.72. The molecule has 1 aromatic rings. The van der Waals surface area contributed by atoms with Gasteiger partial charge in [-0.05, 0) is 5.56 Å². The average Bonchev–Trinajstić information content (AvgIpc) is 2.19. The number of hydrogen-bond donors (Lipinski definition) is 2. The molecule has 1 N–H and O–H groups in total. The molecule has 0 saturated carbocycles. The molecular formula is C10H12FNO2S. The highest BCUT2D eigenvalue weighted by molar-refractivity contribution is 7.80. The van der Waals surface area contributed by atoms with Crippen molar-refractivity contribution in [3.8, 4) is 0 Å². The van der Waals surface area contributed by atoms with E-state index in [0.717, 1.165) is 5.56 Å². The maximum absolute atomic E-state index is 13.4. The molecule has 0 radical (unpaired) electrons. The van der Waals surface area contributed by atoms with E-state index < -0.39 is 12.0 Å². The van der Waals surface area contributed by atoms with Gasteiger partial charge in [0.05, 0.1) is 6.54 Å². The zero-order chi connectivity index (χ0) is 11.3. The minimum atomic E-state index is -1.21. The Morgan fingerprint density at radius 3 is 2.53 bits per heavy atom. The van der Waals surface area contributed by atoms with Gasteiger partial charge >= 0.3 is 5.97 Å². The summed E-state index contributed by atoms with van der Waals surface area (Å²) < 4.78 is 13.4. The second-order valence-corrected chi connectivity index (χ2v) is 3.45. The molecule has 0 spiro atoms. The van der Waals surface area contributed by atoms with Gasteiger partial charge in [0.15, 0.2) is 0 Å². The third kappa shape index (κ3) is 3.53. The van der Waals surface area contributed by atoms with E-state index in [1.807, 2.05) is 6.07 Å². The number of aliphatic carboxylic acids is 1. The third-order valence-electron chi connectivity index (χ3n) is 1.97. The molecule has 5 heteroatoms. The quantitative estimate of drug-likeness (QED) is 0.597. The molecule has 0 aromatic heterocycles. The lowest BCUT2D eigenvalue weighted by Gasteiger charge is -2.17. The molecule has 0 saturated heterocycles. The van der Waals surface area contributed by atoms with Gasteiger partial charge in [-0.2, -0.15) is 12.6 Å². The van der Waals surface area contributed by atoms with Gasteiger partial charge in [-0.1, -0.05) is 30.3 Å². The molecule has 1 atom stereocenters. The summed E-state index contributed by atoms with van der Waals surface area (Å²) in [6.07, 6.45) is 0. The van der Waals surface area contributed by atoms with E-state index in [1.54, 1.807) is 24.3 Å². The summed E-state index contributed by atoms with van der Waals surface area (Å²) in [5.41, 5.74) is 0.730.